The molecule has 0 aromatic carbocycles. The summed E-state index contributed by atoms with van der Waals surface area (Å²) in [6.45, 7) is 7.58. The van der Waals surface area contributed by atoms with Crippen molar-refractivity contribution in [3.63, 3.8) is 0 Å². The van der Waals surface area contributed by atoms with Crippen molar-refractivity contribution in [1.29, 1.82) is 0 Å². The first kappa shape index (κ1) is 21.0. The number of nitrogens with one attached hydrogen (secondary N) is 1. The van der Waals surface area contributed by atoms with Gasteiger partial charge in [-0.25, -0.2) is 4.79 Å². The molecular weight excluding hydrogens is 328 g/mol. The van der Waals surface area contributed by atoms with E-state index in [4.69, 9.17) is 5.73 Å². The minimum Gasteiger partial charge on any atom is -0.349 e. The van der Waals surface area contributed by atoms with E-state index in [1.54, 1.807) is 0 Å². The fourth-order valence-electron chi connectivity index (χ4n) is 3.60. The van der Waals surface area contributed by atoms with Gasteiger partial charge in [-0.05, 0) is 38.5 Å². The Morgan fingerprint density at radius 2 is 1.67 bits per heavy atom. The number of nitrogens with zero attached hydrogens (tertiary/aromatic N) is 2. The minimum atomic E-state index is -0.307. The Bertz CT molecular complexity index is 415. The van der Waals surface area contributed by atoms with Gasteiger partial charge in [0.25, 0.3) is 0 Å². The Balaban J connectivity index is 0.00000288. The van der Waals surface area contributed by atoms with Crippen LogP contribution in [-0.4, -0.2) is 60.0 Å². The van der Waals surface area contributed by atoms with Crippen molar-refractivity contribution in [1.82, 2.24) is 15.1 Å². The fraction of sp³-hybridized carbons (Fsp3) is 0.882. The molecule has 0 aliphatic carbocycles. The van der Waals surface area contributed by atoms with Crippen LogP contribution in [0.3, 0.4) is 0 Å². The second-order valence-corrected chi connectivity index (χ2v) is 6.94. The maximum Gasteiger partial charge on any atom is 0.320 e. The third kappa shape index (κ3) is 4.76. The summed E-state index contributed by atoms with van der Waals surface area (Å²) in [5.74, 6) is -0.0580. The molecule has 1 unspecified atom stereocenters. The van der Waals surface area contributed by atoms with Crippen molar-refractivity contribution >= 4 is 24.3 Å². The molecule has 2 fully saturated rings. The van der Waals surface area contributed by atoms with Gasteiger partial charge in [0.2, 0.25) is 5.91 Å². The molecule has 2 aliphatic heterocycles. The van der Waals surface area contributed by atoms with Gasteiger partial charge in [0.15, 0.2) is 0 Å². The van der Waals surface area contributed by atoms with Crippen molar-refractivity contribution in [3.8, 4) is 0 Å². The van der Waals surface area contributed by atoms with E-state index in [0.717, 1.165) is 58.2 Å². The Morgan fingerprint density at radius 1 is 1.08 bits per heavy atom. The molecule has 0 radical (unpaired) electrons. The molecule has 24 heavy (non-hydrogen) atoms. The first-order valence-corrected chi connectivity index (χ1v) is 9.11. The highest BCUT2D eigenvalue weighted by Gasteiger charge is 2.34. The molecule has 2 heterocycles. The van der Waals surface area contributed by atoms with E-state index in [1.807, 2.05) is 9.80 Å². The van der Waals surface area contributed by atoms with Gasteiger partial charge in [0, 0.05) is 32.7 Å². The van der Waals surface area contributed by atoms with Crippen LogP contribution in [0.25, 0.3) is 0 Å². The zero-order valence-electron chi connectivity index (χ0n) is 15.1. The molecule has 6 nitrogen and oxygen atoms in total. The number of nitrogens with two attached hydrogens (primary N) is 1. The third-order valence-electron chi connectivity index (χ3n) is 5.57. The topological polar surface area (TPSA) is 78.7 Å². The minimum absolute atomic E-state index is 0. The molecule has 0 bridgehead atoms. The Labute approximate surface area is 151 Å². The Hall–Kier alpha value is -1.01. The summed E-state index contributed by atoms with van der Waals surface area (Å²) in [6.07, 6.45) is 5.59. The van der Waals surface area contributed by atoms with Gasteiger partial charge in [-0.1, -0.05) is 13.8 Å². The van der Waals surface area contributed by atoms with Gasteiger partial charge in [-0.2, -0.15) is 0 Å². The zero-order valence-corrected chi connectivity index (χ0v) is 15.9. The molecule has 2 saturated heterocycles. The maximum absolute atomic E-state index is 12.7. The highest BCUT2D eigenvalue weighted by Crippen LogP contribution is 2.22. The van der Waals surface area contributed by atoms with Gasteiger partial charge >= 0.3 is 6.03 Å². The molecule has 0 aromatic rings. The number of carbonyl (C=O) groups excluding carboxylic acids is 2. The molecule has 3 amide bonds. The molecule has 7 heteroatoms. The van der Waals surface area contributed by atoms with Crippen LogP contribution >= 0.6 is 12.4 Å². The van der Waals surface area contributed by atoms with Crippen molar-refractivity contribution in [2.75, 3.05) is 32.7 Å². The standard InChI is InChI=1S/C17H32N4O2.ClH/c1-3-17(4-2,13-18)19-15(22)14-8-7-11-21(12-14)16(23)20-9-5-6-10-20;/h14H,3-13,18H2,1-2H3,(H,19,22);1H. The van der Waals surface area contributed by atoms with Crippen LogP contribution in [0.15, 0.2) is 0 Å². The van der Waals surface area contributed by atoms with Crippen LogP contribution in [0.4, 0.5) is 4.79 Å². The third-order valence-corrected chi connectivity index (χ3v) is 5.57. The summed E-state index contributed by atoms with van der Waals surface area (Å²) in [5, 5.41) is 3.16. The largest absolute Gasteiger partial charge is 0.349 e. The lowest BCUT2D eigenvalue weighted by atomic mass is 9.90. The van der Waals surface area contributed by atoms with Crippen LogP contribution in [0, 0.1) is 5.92 Å². The van der Waals surface area contributed by atoms with E-state index in [9.17, 15) is 9.59 Å². The highest BCUT2D eigenvalue weighted by molar-refractivity contribution is 5.85. The lowest BCUT2D eigenvalue weighted by Crippen LogP contribution is -2.57. The molecule has 1 atom stereocenters. The molecule has 2 rings (SSSR count). The van der Waals surface area contributed by atoms with Crippen LogP contribution in [0.5, 0.6) is 0 Å². The molecule has 0 spiro atoms. The van der Waals surface area contributed by atoms with Crippen molar-refractivity contribution in [3.05, 3.63) is 0 Å². The van der Waals surface area contributed by atoms with Crippen molar-refractivity contribution in [2.24, 2.45) is 11.7 Å². The maximum atomic E-state index is 12.7. The van der Waals surface area contributed by atoms with Gasteiger partial charge in [-0.3, -0.25) is 4.79 Å². The summed E-state index contributed by atoms with van der Waals surface area (Å²) in [7, 11) is 0. The number of amides is 3. The quantitative estimate of drug-likeness (QED) is 0.786. The number of rotatable bonds is 5. The SMILES string of the molecule is CCC(CC)(CN)NC(=O)C1CCCN(C(=O)N2CCCC2)C1.Cl. The van der Waals surface area contributed by atoms with Crippen LogP contribution < -0.4 is 11.1 Å². The second kappa shape index (κ2) is 9.47. The molecule has 2 aliphatic rings. The van der Waals surface area contributed by atoms with Gasteiger partial charge in [0.05, 0.1) is 11.5 Å². The number of likely N-dealkylation sites (tertiary alicyclic amines) is 2. The monoisotopic (exact) mass is 360 g/mol. The van der Waals surface area contributed by atoms with E-state index >= 15 is 0 Å². The number of carbonyl (C=O) groups is 2. The van der Waals surface area contributed by atoms with Crippen molar-refractivity contribution in [2.45, 2.75) is 57.9 Å². The van der Waals surface area contributed by atoms with E-state index in [2.05, 4.69) is 19.2 Å². The number of piperidine rings is 1. The average Bonchev–Trinajstić information content (AvgIpc) is 3.13. The fourth-order valence-corrected chi connectivity index (χ4v) is 3.60. The molecule has 0 saturated carbocycles. The summed E-state index contributed by atoms with van der Waals surface area (Å²) < 4.78 is 0. The summed E-state index contributed by atoms with van der Waals surface area (Å²) in [4.78, 5) is 29.0. The predicted octanol–water partition coefficient (Wildman–Crippen LogP) is 1.97. The van der Waals surface area contributed by atoms with E-state index in [-0.39, 0.29) is 35.8 Å². The number of hydrogen-bond acceptors (Lipinski definition) is 3. The molecular formula is C17H33ClN4O2. The van der Waals surface area contributed by atoms with Crippen LogP contribution in [0.2, 0.25) is 0 Å². The normalized spacial score (nSPS) is 21.4. The molecule has 140 valence electrons. The van der Waals surface area contributed by atoms with Gasteiger partial charge < -0.3 is 20.9 Å². The predicted molar refractivity (Wildman–Crippen MR) is 98.3 cm³/mol. The summed E-state index contributed by atoms with van der Waals surface area (Å²) in [6, 6.07) is 0.107. The Morgan fingerprint density at radius 3 is 2.21 bits per heavy atom. The first-order chi connectivity index (χ1) is 11.0. The average molecular weight is 361 g/mol. The van der Waals surface area contributed by atoms with Crippen LogP contribution in [-0.2, 0) is 4.79 Å². The number of halogens is 1. The van der Waals surface area contributed by atoms with Gasteiger partial charge in [-0.15, -0.1) is 12.4 Å². The van der Waals surface area contributed by atoms with E-state index in [1.165, 1.54) is 0 Å². The van der Waals surface area contributed by atoms with Gasteiger partial charge in [0.1, 0.15) is 0 Å². The zero-order chi connectivity index (χ0) is 16.9. The summed E-state index contributed by atoms with van der Waals surface area (Å²) >= 11 is 0. The number of hydrogen-bond donors (Lipinski definition) is 2. The lowest BCUT2D eigenvalue weighted by Gasteiger charge is -2.37. The van der Waals surface area contributed by atoms with Crippen molar-refractivity contribution < 1.29 is 9.59 Å². The summed E-state index contributed by atoms with van der Waals surface area (Å²) in [5.41, 5.74) is 5.57. The first-order valence-electron chi connectivity index (χ1n) is 9.11. The van der Waals surface area contributed by atoms with E-state index in [0.29, 0.717) is 13.1 Å². The lowest BCUT2D eigenvalue weighted by molar-refractivity contribution is -0.128. The smallest absolute Gasteiger partial charge is 0.320 e. The van der Waals surface area contributed by atoms with Crippen LogP contribution in [0.1, 0.15) is 52.4 Å². The second-order valence-electron chi connectivity index (χ2n) is 6.94. The molecule has 0 aromatic heterocycles. The highest BCUT2D eigenvalue weighted by atomic mass is 35.5. The number of urea groups is 1. The Kier molecular flexibility index (Phi) is 8.30. The van der Waals surface area contributed by atoms with E-state index < -0.39 is 0 Å². The molecule has 3 N–H and O–H groups in total.